The Morgan fingerprint density at radius 1 is 1.03 bits per heavy atom. The number of rotatable bonds is 18. The van der Waals surface area contributed by atoms with E-state index in [1.807, 2.05) is 77.1 Å². The lowest BCUT2D eigenvalue weighted by molar-refractivity contribution is -0.154. The molecule has 0 unspecified atom stereocenters. The molecule has 9 nitrogen and oxygen atoms in total. The molecule has 1 rings (SSSR count). The number of amides is 3. The molecule has 0 aliphatic rings. The van der Waals surface area contributed by atoms with Crippen molar-refractivity contribution in [2.24, 2.45) is 11.8 Å². The van der Waals surface area contributed by atoms with Gasteiger partial charge in [0.05, 0.1) is 25.7 Å². The summed E-state index contributed by atoms with van der Waals surface area (Å²) in [5.41, 5.74) is 0.499. The molecule has 1 N–H and O–H groups in total. The summed E-state index contributed by atoms with van der Waals surface area (Å²) < 4.78 is 20.9. The van der Waals surface area contributed by atoms with Crippen LogP contribution in [-0.2, 0) is 35.0 Å². The summed E-state index contributed by atoms with van der Waals surface area (Å²) in [5.74, 6) is -0.806. The Labute approximate surface area is 234 Å². The van der Waals surface area contributed by atoms with Crippen LogP contribution in [0.5, 0.6) is 0 Å². The molecule has 1 atom stereocenters. The summed E-state index contributed by atoms with van der Waals surface area (Å²) in [4.78, 5) is 40.1. The van der Waals surface area contributed by atoms with Crippen molar-refractivity contribution in [1.29, 1.82) is 0 Å². The van der Waals surface area contributed by atoms with E-state index in [9.17, 15) is 14.4 Å². The second kappa shape index (κ2) is 19.3. The lowest BCUT2D eigenvalue weighted by Crippen LogP contribution is -2.48. The number of urea groups is 1. The summed E-state index contributed by atoms with van der Waals surface area (Å²) in [5, 5.41) is 2.79. The third-order valence-electron chi connectivity index (χ3n) is 5.45. The van der Waals surface area contributed by atoms with Crippen LogP contribution in [0.3, 0.4) is 0 Å². The molecule has 1 aromatic rings. The van der Waals surface area contributed by atoms with Crippen LogP contribution in [0.25, 0.3) is 0 Å². The number of hydrogen-bond donors (Lipinski definition) is 1. The van der Waals surface area contributed by atoms with Crippen molar-refractivity contribution in [3.8, 4) is 0 Å². The number of ether oxygens (including phenoxy) is 4. The standard InChI is InChI=1S/C30H48N2O7/c1-24(2)22-26(14-10-11-15-27(33)39-30(3,4)5)28(34)32(18-16-25-12-8-7-9-13-25)29(35)31-17-19-37-23-38-21-20-36-6/h7-10,12-14,24,26H,11,15-23H2,1-6H3,(H,31,35)/t26-/m0/s1. The second-order valence-corrected chi connectivity index (χ2v) is 10.7. The van der Waals surface area contributed by atoms with Crippen LogP contribution in [0, 0.1) is 11.8 Å². The molecule has 39 heavy (non-hydrogen) atoms. The molecule has 0 aliphatic heterocycles. The summed E-state index contributed by atoms with van der Waals surface area (Å²) in [6, 6.07) is 9.28. The van der Waals surface area contributed by atoms with Gasteiger partial charge in [-0.05, 0) is 51.5 Å². The van der Waals surface area contributed by atoms with E-state index in [0.717, 1.165) is 5.56 Å². The average Bonchev–Trinajstić information content (AvgIpc) is 2.86. The van der Waals surface area contributed by atoms with Crippen molar-refractivity contribution in [3.05, 3.63) is 48.0 Å². The van der Waals surface area contributed by atoms with Crippen LogP contribution >= 0.6 is 0 Å². The van der Waals surface area contributed by atoms with Gasteiger partial charge >= 0.3 is 12.0 Å². The van der Waals surface area contributed by atoms with Gasteiger partial charge in [-0.25, -0.2) is 4.79 Å². The van der Waals surface area contributed by atoms with Crippen molar-refractivity contribution in [3.63, 3.8) is 0 Å². The van der Waals surface area contributed by atoms with Gasteiger partial charge < -0.3 is 24.3 Å². The largest absolute Gasteiger partial charge is 0.460 e. The number of nitrogens with one attached hydrogen (secondary N) is 1. The molecule has 0 heterocycles. The maximum absolute atomic E-state index is 13.7. The highest BCUT2D eigenvalue weighted by Gasteiger charge is 2.28. The van der Waals surface area contributed by atoms with E-state index in [0.29, 0.717) is 32.5 Å². The summed E-state index contributed by atoms with van der Waals surface area (Å²) >= 11 is 0. The molecule has 3 amide bonds. The lowest BCUT2D eigenvalue weighted by atomic mass is 9.94. The molecule has 0 aliphatic carbocycles. The van der Waals surface area contributed by atoms with Crippen molar-refractivity contribution < 1.29 is 33.3 Å². The van der Waals surface area contributed by atoms with Crippen LogP contribution in [0.15, 0.2) is 42.5 Å². The number of hydrogen-bond acceptors (Lipinski definition) is 7. The third kappa shape index (κ3) is 16.7. The highest BCUT2D eigenvalue weighted by atomic mass is 16.7. The molecule has 0 fully saturated rings. The fourth-order valence-electron chi connectivity index (χ4n) is 3.67. The number of carbonyl (C=O) groups excluding carboxylic acids is 3. The SMILES string of the molecule is COCCOCOCCNC(=O)N(CCc1ccccc1)C(=O)[C@@H](C=CCCC(=O)OC(C)(C)C)CC(C)C. The van der Waals surface area contributed by atoms with Gasteiger partial charge in [0.25, 0.3) is 0 Å². The first kappa shape index (κ1) is 34.3. The first-order valence-electron chi connectivity index (χ1n) is 13.7. The Kier molecular flexibility index (Phi) is 17.0. The van der Waals surface area contributed by atoms with E-state index in [1.54, 1.807) is 7.11 Å². The van der Waals surface area contributed by atoms with Gasteiger partial charge in [0.1, 0.15) is 12.4 Å². The first-order valence-corrected chi connectivity index (χ1v) is 13.7. The molecule has 220 valence electrons. The van der Waals surface area contributed by atoms with Crippen LogP contribution in [0.2, 0.25) is 0 Å². The lowest BCUT2D eigenvalue weighted by Gasteiger charge is -2.26. The number of esters is 1. The molecule has 9 heteroatoms. The van der Waals surface area contributed by atoms with E-state index in [4.69, 9.17) is 18.9 Å². The molecule has 0 aromatic heterocycles. The Balaban J connectivity index is 2.83. The Bertz CT molecular complexity index is 866. The highest BCUT2D eigenvalue weighted by Crippen LogP contribution is 2.18. The van der Waals surface area contributed by atoms with Crippen molar-refractivity contribution in [2.45, 2.75) is 65.9 Å². The predicted molar refractivity (Wildman–Crippen MR) is 151 cm³/mol. The molecule has 0 bridgehead atoms. The maximum Gasteiger partial charge on any atom is 0.324 e. The van der Waals surface area contributed by atoms with Gasteiger partial charge in [-0.2, -0.15) is 0 Å². The topological polar surface area (TPSA) is 103 Å². The van der Waals surface area contributed by atoms with Crippen LogP contribution in [-0.4, -0.2) is 75.2 Å². The zero-order chi connectivity index (χ0) is 29.1. The van der Waals surface area contributed by atoms with Gasteiger partial charge in [-0.3, -0.25) is 14.5 Å². The zero-order valence-corrected chi connectivity index (χ0v) is 24.6. The normalized spacial score (nSPS) is 12.5. The van der Waals surface area contributed by atoms with Crippen molar-refractivity contribution in [2.75, 3.05) is 46.8 Å². The Morgan fingerprint density at radius 3 is 2.36 bits per heavy atom. The second-order valence-electron chi connectivity index (χ2n) is 10.7. The quantitative estimate of drug-likeness (QED) is 0.122. The minimum atomic E-state index is -0.536. The molecular weight excluding hydrogens is 500 g/mol. The Morgan fingerprint density at radius 2 is 1.72 bits per heavy atom. The molecule has 0 spiro atoms. The van der Waals surface area contributed by atoms with Gasteiger partial charge in [0.2, 0.25) is 5.91 Å². The molecule has 1 aromatic carbocycles. The van der Waals surface area contributed by atoms with E-state index >= 15 is 0 Å². The first-order chi connectivity index (χ1) is 18.5. The van der Waals surface area contributed by atoms with E-state index in [2.05, 4.69) is 5.32 Å². The van der Waals surface area contributed by atoms with Crippen LogP contribution < -0.4 is 5.32 Å². The van der Waals surface area contributed by atoms with E-state index < -0.39 is 17.6 Å². The van der Waals surface area contributed by atoms with E-state index in [-0.39, 0.29) is 50.7 Å². The number of imide groups is 1. The third-order valence-corrected chi connectivity index (χ3v) is 5.45. The Hall–Kier alpha value is -2.75. The average molecular weight is 549 g/mol. The molecule has 0 saturated carbocycles. The number of allylic oxidation sites excluding steroid dienone is 1. The fraction of sp³-hybridized carbons (Fsp3) is 0.633. The minimum Gasteiger partial charge on any atom is -0.460 e. The van der Waals surface area contributed by atoms with Crippen LogP contribution in [0.1, 0.15) is 59.4 Å². The number of methoxy groups -OCH3 is 1. The zero-order valence-electron chi connectivity index (χ0n) is 24.6. The maximum atomic E-state index is 13.7. The van der Waals surface area contributed by atoms with Crippen molar-refractivity contribution in [1.82, 2.24) is 10.2 Å². The van der Waals surface area contributed by atoms with Crippen LogP contribution in [0.4, 0.5) is 4.79 Å². The monoisotopic (exact) mass is 548 g/mol. The summed E-state index contributed by atoms with van der Waals surface area (Å²) in [6.07, 6.45) is 5.45. The van der Waals surface area contributed by atoms with Gasteiger partial charge in [0, 0.05) is 26.6 Å². The number of benzene rings is 1. The molecular formula is C30H48N2O7. The van der Waals surface area contributed by atoms with Crippen molar-refractivity contribution >= 4 is 17.9 Å². The van der Waals surface area contributed by atoms with Gasteiger partial charge in [-0.1, -0.05) is 56.3 Å². The highest BCUT2D eigenvalue weighted by molar-refractivity contribution is 5.96. The smallest absolute Gasteiger partial charge is 0.324 e. The van der Waals surface area contributed by atoms with E-state index in [1.165, 1.54) is 4.90 Å². The minimum absolute atomic E-state index is 0.0977. The summed E-state index contributed by atoms with van der Waals surface area (Å²) in [6.45, 7) is 11.3. The molecule has 0 saturated heterocycles. The summed E-state index contributed by atoms with van der Waals surface area (Å²) in [7, 11) is 1.59. The molecule has 0 radical (unpaired) electrons. The fourth-order valence-corrected chi connectivity index (χ4v) is 3.67. The number of nitrogens with zero attached hydrogens (tertiary/aromatic N) is 1. The van der Waals surface area contributed by atoms with Gasteiger partial charge in [0.15, 0.2) is 0 Å². The predicted octanol–water partition coefficient (Wildman–Crippen LogP) is 4.74. The number of carbonyl (C=O) groups is 3. The van der Waals surface area contributed by atoms with Gasteiger partial charge in [-0.15, -0.1) is 0 Å².